The molecule has 0 unspecified atom stereocenters. The first kappa shape index (κ1) is 12.4. The van der Waals surface area contributed by atoms with E-state index in [1.807, 2.05) is 18.2 Å². The molecular weight excluding hydrogens is 204 g/mol. The predicted octanol–water partition coefficient (Wildman–Crippen LogP) is 0.219. The molecule has 0 bridgehead atoms. The van der Waals surface area contributed by atoms with Gasteiger partial charge >= 0.3 is 0 Å². The van der Waals surface area contributed by atoms with Crippen LogP contribution in [0.15, 0.2) is 24.4 Å². The zero-order chi connectivity index (χ0) is 11.6. The second-order valence-corrected chi connectivity index (χ2v) is 3.38. The van der Waals surface area contributed by atoms with E-state index in [2.05, 4.69) is 20.9 Å². The number of carbonyl (C=O) groups is 1. The summed E-state index contributed by atoms with van der Waals surface area (Å²) in [6.07, 6.45) is 2.63. The van der Waals surface area contributed by atoms with Gasteiger partial charge in [0.15, 0.2) is 0 Å². The average Bonchev–Trinajstić information content (AvgIpc) is 2.30. The zero-order valence-corrected chi connectivity index (χ0v) is 9.49. The number of hydrogen-bond acceptors (Lipinski definition) is 4. The summed E-state index contributed by atoms with van der Waals surface area (Å²) in [6, 6.07) is 5.73. The third kappa shape index (κ3) is 5.31. The molecule has 0 saturated carbocycles. The standard InChI is InChI=1S/C11H18N4O/c1-12-9-11(16)15-8-4-7-14-10-5-2-3-6-13-10/h2-3,5-6,12H,4,7-9H2,1H3,(H,13,14)(H,15,16). The highest BCUT2D eigenvalue weighted by Crippen LogP contribution is 1.98. The molecule has 0 aromatic carbocycles. The molecule has 1 aromatic rings. The first-order valence-corrected chi connectivity index (χ1v) is 5.39. The molecule has 16 heavy (non-hydrogen) atoms. The van der Waals surface area contributed by atoms with Gasteiger partial charge in [-0.25, -0.2) is 4.98 Å². The van der Waals surface area contributed by atoms with Gasteiger partial charge in [0.1, 0.15) is 5.82 Å². The molecule has 0 fully saturated rings. The highest BCUT2D eigenvalue weighted by atomic mass is 16.1. The van der Waals surface area contributed by atoms with Crippen molar-refractivity contribution >= 4 is 11.7 Å². The molecule has 3 N–H and O–H groups in total. The highest BCUT2D eigenvalue weighted by molar-refractivity contribution is 5.77. The van der Waals surface area contributed by atoms with Gasteiger partial charge < -0.3 is 16.0 Å². The fourth-order valence-corrected chi connectivity index (χ4v) is 1.22. The molecule has 0 spiro atoms. The molecule has 0 radical (unpaired) electrons. The van der Waals surface area contributed by atoms with Crippen LogP contribution in [-0.4, -0.2) is 37.6 Å². The Morgan fingerprint density at radius 1 is 1.38 bits per heavy atom. The van der Waals surface area contributed by atoms with Crippen molar-refractivity contribution in [2.75, 3.05) is 32.0 Å². The Labute approximate surface area is 95.7 Å². The van der Waals surface area contributed by atoms with Crippen molar-refractivity contribution in [2.45, 2.75) is 6.42 Å². The topological polar surface area (TPSA) is 66.1 Å². The summed E-state index contributed by atoms with van der Waals surface area (Å²) in [6.45, 7) is 1.85. The summed E-state index contributed by atoms with van der Waals surface area (Å²) in [5, 5.41) is 8.78. The molecule has 5 nitrogen and oxygen atoms in total. The Morgan fingerprint density at radius 3 is 2.94 bits per heavy atom. The van der Waals surface area contributed by atoms with Gasteiger partial charge in [-0.1, -0.05) is 6.07 Å². The van der Waals surface area contributed by atoms with Gasteiger partial charge in [-0.15, -0.1) is 0 Å². The molecule has 0 aliphatic carbocycles. The van der Waals surface area contributed by atoms with E-state index in [0.717, 1.165) is 18.8 Å². The van der Waals surface area contributed by atoms with Crippen LogP contribution in [-0.2, 0) is 4.79 Å². The van der Waals surface area contributed by atoms with E-state index in [0.29, 0.717) is 13.1 Å². The number of nitrogens with zero attached hydrogens (tertiary/aromatic N) is 1. The second-order valence-electron chi connectivity index (χ2n) is 3.38. The maximum atomic E-state index is 11.1. The normalized spacial score (nSPS) is 9.81. The van der Waals surface area contributed by atoms with Crippen LogP contribution in [0.25, 0.3) is 0 Å². The number of nitrogens with one attached hydrogen (secondary N) is 3. The van der Waals surface area contributed by atoms with E-state index >= 15 is 0 Å². The fraction of sp³-hybridized carbons (Fsp3) is 0.455. The molecule has 5 heteroatoms. The maximum Gasteiger partial charge on any atom is 0.233 e. The summed E-state index contributed by atoms with van der Waals surface area (Å²) >= 11 is 0. The average molecular weight is 222 g/mol. The lowest BCUT2D eigenvalue weighted by Crippen LogP contribution is -2.33. The van der Waals surface area contributed by atoms with Crippen molar-refractivity contribution in [3.63, 3.8) is 0 Å². The Morgan fingerprint density at radius 2 is 2.25 bits per heavy atom. The van der Waals surface area contributed by atoms with Crippen LogP contribution < -0.4 is 16.0 Å². The van der Waals surface area contributed by atoms with E-state index in [1.54, 1.807) is 13.2 Å². The molecule has 0 atom stereocenters. The first-order valence-electron chi connectivity index (χ1n) is 5.39. The first-order chi connectivity index (χ1) is 7.83. The van der Waals surface area contributed by atoms with Crippen molar-refractivity contribution in [3.05, 3.63) is 24.4 Å². The Kier molecular flexibility index (Phi) is 5.95. The number of amides is 1. The van der Waals surface area contributed by atoms with Crippen molar-refractivity contribution in [1.29, 1.82) is 0 Å². The number of hydrogen-bond donors (Lipinski definition) is 3. The third-order valence-electron chi connectivity index (χ3n) is 1.98. The summed E-state index contributed by atoms with van der Waals surface area (Å²) in [5.74, 6) is 0.893. The zero-order valence-electron chi connectivity index (χ0n) is 9.49. The summed E-state index contributed by atoms with van der Waals surface area (Å²) in [7, 11) is 1.75. The van der Waals surface area contributed by atoms with Crippen molar-refractivity contribution in [2.24, 2.45) is 0 Å². The molecule has 1 heterocycles. The van der Waals surface area contributed by atoms with E-state index in [4.69, 9.17) is 0 Å². The molecule has 0 saturated heterocycles. The van der Waals surface area contributed by atoms with Crippen molar-refractivity contribution in [3.8, 4) is 0 Å². The van der Waals surface area contributed by atoms with Gasteiger partial charge in [-0.3, -0.25) is 4.79 Å². The number of rotatable bonds is 7. The lowest BCUT2D eigenvalue weighted by Gasteiger charge is -2.06. The number of carbonyl (C=O) groups excluding carboxylic acids is 1. The quantitative estimate of drug-likeness (QED) is 0.577. The summed E-state index contributed by atoms with van der Waals surface area (Å²) in [5.41, 5.74) is 0. The predicted molar refractivity (Wildman–Crippen MR) is 64.3 cm³/mol. The van der Waals surface area contributed by atoms with Crippen LogP contribution in [0.3, 0.4) is 0 Å². The van der Waals surface area contributed by atoms with Crippen molar-refractivity contribution in [1.82, 2.24) is 15.6 Å². The summed E-state index contributed by atoms with van der Waals surface area (Å²) in [4.78, 5) is 15.2. The molecule has 0 aliphatic rings. The highest BCUT2D eigenvalue weighted by Gasteiger charge is 1.97. The minimum atomic E-state index is 0.0281. The summed E-state index contributed by atoms with van der Waals surface area (Å²) < 4.78 is 0. The van der Waals surface area contributed by atoms with Gasteiger partial charge in [-0.05, 0) is 25.6 Å². The van der Waals surface area contributed by atoms with Crippen LogP contribution in [0, 0.1) is 0 Å². The third-order valence-corrected chi connectivity index (χ3v) is 1.98. The van der Waals surface area contributed by atoms with E-state index in [1.165, 1.54) is 0 Å². The Bertz CT molecular complexity index is 302. The maximum absolute atomic E-state index is 11.1. The number of likely N-dealkylation sites (N-methyl/N-ethyl adjacent to an activating group) is 1. The second kappa shape index (κ2) is 7.64. The molecule has 88 valence electrons. The number of anilines is 1. The van der Waals surface area contributed by atoms with E-state index in [9.17, 15) is 4.79 Å². The number of aromatic nitrogens is 1. The van der Waals surface area contributed by atoms with Gasteiger partial charge in [0.25, 0.3) is 0 Å². The van der Waals surface area contributed by atoms with Crippen LogP contribution in [0.2, 0.25) is 0 Å². The minimum absolute atomic E-state index is 0.0281. The largest absolute Gasteiger partial charge is 0.370 e. The monoisotopic (exact) mass is 222 g/mol. The SMILES string of the molecule is CNCC(=O)NCCCNc1ccccn1. The molecule has 1 amide bonds. The molecule has 1 rings (SSSR count). The minimum Gasteiger partial charge on any atom is -0.370 e. The van der Waals surface area contributed by atoms with Gasteiger partial charge in [0.05, 0.1) is 6.54 Å². The fourth-order valence-electron chi connectivity index (χ4n) is 1.22. The Hall–Kier alpha value is -1.62. The van der Waals surface area contributed by atoms with Gasteiger partial charge in [0.2, 0.25) is 5.91 Å². The smallest absolute Gasteiger partial charge is 0.233 e. The Balaban J connectivity index is 2.02. The molecular formula is C11H18N4O. The van der Waals surface area contributed by atoms with Gasteiger partial charge in [0, 0.05) is 19.3 Å². The van der Waals surface area contributed by atoms with E-state index in [-0.39, 0.29) is 5.91 Å². The number of pyridine rings is 1. The lowest BCUT2D eigenvalue weighted by molar-refractivity contribution is -0.120. The van der Waals surface area contributed by atoms with Crippen molar-refractivity contribution < 1.29 is 4.79 Å². The van der Waals surface area contributed by atoms with Gasteiger partial charge in [-0.2, -0.15) is 0 Å². The van der Waals surface area contributed by atoms with Crippen LogP contribution >= 0.6 is 0 Å². The van der Waals surface area contributed by atoms with Crippen LogP contribution in [0.1, 0.15) is 6.42 Å². The molecule has 0 aliphatic heterocycles. The lowest BCUT2D eigenvalue weighted by atomic mass is 10.4. The van der Waals surface area contributed by atoms with E-state index < -0.39 is 0 Å². The molecule has 1 aromatic heterocycles. The van der Waals surface area contributed by atoms with Crippen LogP contribution in [0.5, 0.6) is 0 Å². The van der Waals surface area contributed by atoms with Crippen LogP contribution in [0.4, 0.5) is 5.82 Å².